The van der Waals surface area contributed by atoms with Crippen LogP contribution in [0, 0.1) is 13.8 Å². The summed E-state index contributed by atoms with van der Waals surface area (Å²) in [5.74, 6) is 1.37. The van der Waals surface area contributed by atoms with Crippen LogP contribution in [-0.4, -0.2) is 29.5 Å². The summed E-state index contributed by atoms with van der Waals surface area (Å²) in [5.41, 5.74) is 6.76. The number of guanidine groups is 1. The van der Waals surface area contributed by atoms with Gasteiger partial charge >= 0.3 is 0 Å². The smallest absolute Gasteiger partial charge is 0.226 e. The molecular formula is C24H27N5O. The van der Waals surface area contributed by atoms with Crippen molar-refractivity contribution < 1.29 is 4.42 Å². The van der Waals surface area contributed by atoms with Crippen LogP contribution in [0.15, 0.2) is 64.2 Å². The Bertz CT molecular complexity index is 1150. The summed E-state index contributed by atoms with van der Waals surface area (Å²) in [4.78, 5) is 12.3. The largest absolute Gasteiger partial charge is 0.444 e. The van der Waals surface area contributed by atoms with Crippen LogP contribution in [0.4, 0.5) is 0 Å². The van der Waals surface area contributed by atoms with Crippen LogP contribution in [0.3, 0.4) is 0 Å². The van der Waals surface area contributed by atoms with Crippen molar-refractivity contribution >= 4 is 16.9 Å². The second-order valence-electron chi connectivity index (χ2n) is 7.39. The van der Waals surface area contributed by atoms with E-state index < -0.39 is 0 Å². The highest BCUT2D eigenvalue weighted by Crippen LogP contribution is 2.22. The molecule has 0 unspecified atom stereocenters. The molecule has 3 N–H and O–H groups in total. The number of nitrogens with one attached hydrogen (secondary N) is 3. The molecule has 2 heterocycles. The third kappa shape index (κ3) is 4.38. The molecule has 0 amide bonds. The molecular weight excluding hydrogens is 374 g/mol. The van der Waals surface area contributed by atoms with Crippen molar-refractivity contribution in [1.29, 1.82) is 0 Å². The van der Waals surface area contributed by atoms with Crippen LogP contribution in [0.1, 0.15) is 22.5 Å². The van der Waals surface area contributed by atoms with E-state index in [4.69, 9.17) is 4.42 Å². The van der Waals surface area contributed by atoms with Gasteiger partial charge in [0.2, 0.25) is 5.89 Å². The van der Waals surface area contributed by atoms with Crippen molar-refractivity contribution in [3.8, 4) is 11.5 Å². The number of nitrogens with zero attached hydrogens (tertiary/aromatic N) is 2. The molecule has 0 spiro atoms. The molecule has 0 aliphatic heterocycles. The Labute approximate surface area is 176 Å². The average molecular weight is 402 g/mol. The minimum absolute atomic E-state index is 0.543. The molecule has 0 aliphatic carbocycles. The van der Waals surface area contributed by atoms with Gasteiger partial charge in [-0.1, -0.05) is 35.9 Å². The molecule has 0 atom stereocenters. The van der Waals surface area contributed by atoms with Gasteiger partial charge in [-0.15, -0.1) is 0 Å². The molecule has 0 radical (unpaired) electrons. The van der Waals surface area contributed by atoms with E-state index in [1.165, 1.54) is 27.7 Å². The Balaban J connectivity index is 1.31. The number of hydrogen-bond acceptors (Lipinski definition) is 3. The number of aromatic amines is 1. The van der Waals surface area contributed by atoms with Crippen LogP contribution in [0.5, 0.6) is 0 Å². The predicted molar refractivity (Wildman–Crippen MR) is 122 cm³/mol. The quantitative estimate of drug-likeness (QED) is 0.332. The molecule has 4 rings (SSSR count). The summed E-state index contributed by atoms with van der Waals surface area (Å²) in [6.07, 6.45) is 2.60. The maximum atomic E-state index is 5.63. The summed E-state index contributed by atoms with van der Waals surface area (Å²) in [7, 11) is 1.77. The first-order valence-electron chi connectivity index (χ1n) is 10.2. The van der Waals surface area contributed by atoms with Gasteiger partial charge in [-0.2, -0.15) is 0 Å². The predicted octanol–water partition coefficient (Wildman–Crippen LogP) is 4.35. The summed E-state index contributed by atoms with van der Waals surface area (Å²) in [5, 5.41) is 7.96. The number of rotatable bonds is 6. The van der Waals surface area contributed by atoms with E-state index >= 15 is 0 Å². The highest BCUT2D eigenvalue weighted by atomic mass is 16.3. The lowest BCUT2D eigenvalue weighted by Gasteiger charge is -2.11. The Hall–Kier alpha value is -3.54. The van der Waals surface area contributed by atoms with Gasteiger partial charge in [0.15, 0.2) is 5.96 Å². The number of aromatic nitrogens is 2. The molecule has 4 aromatic rings. The van der Waals surface area contributed by atoms with E-state index in [1.807, 2.05) is 12.1 Å². The van der Waals surface area contributed by atoms with Gasteiger partial charge in [-0.3, -0.25) is 4.99 Å². The van der Waals surface area contributed by atoms with Gasteiger partial charge in [0.1, 0.15) is 6.26 Å². The van der Waals surface area contributed by atoms with Crippen LogP contribution < -0.4 is 10.6 Å². The van der Waals surface area contributed by atoms with Crippen LogP contribution in [0.25, 0.3) is 22.4 Å². The second kappa shape index (κ2) is 8.86. The maximum Gasteiger partial charge on any atom is 0.226 e. The highest BCUT2D eigenvalue weighted by molar-refractivity contribution is 5.84. The lowest BCUT2D eigenvalue weighted by Crippen LogP contribution is -2.38. The molecule has 0 aliphatic rings. The first kappa shape index (κ1) is 19.8. The Morgan fingerprint density at radius 1 is 1.07 bits per heavy atom. The van der Waals surface area contributed by atoms with E-state index in [-0.39, 0.29) is 0 Å². The summed E-state index contributed by atoms with van der Waals surface area (Å²) < 4.78 is 5.63. The molecule has 6 heteroatoms. The number of aliphatic imine (C=N–C) groups is 1. The van der Waals surface area contributed by atoms with Crippen LogP contribution in [0.2, 0.25) is 0 Å². The number of fused-ring (bicyclic) bond motifs is 1. The van der Waals surface area contributed by atoms with Gasteiger partial charge < -0.3 is 20.0 Å². The van der Waals surface area contributed by atoms with Crippen molar-refractivity contribution in [2.24, 2.45) is 4.99 Å². The van der Waals surface area contributed by atoms with Crippen molar-refractivity contribution in [3.05, 3.63) is 77.3 Å². The fraction of sp³-hybridized carbons (Fsp3) is 0.250. The molecule has 2 aromatic carbocycles. The molecule has 154 valence electrons. The zero-order valence-corrected chi connectivity index (χ0v) is 17.6. The lowest BCUT2D eigenvalue weighted by molar-refractivity contribution is 0.572. The van der Waals surface area contributed by atoms with Crippen molar-refractivity contribution in [1.82, 2.24) is 20.6 Å². The summed E-state index contributed by atoms with van der Waals surface area (Å²) >= 11 is 0. The zero-order chi connectivity index (χ0) is 20.9. The summed E-state index contributed by atoms with van der Waals surface area (Å²) in [6, 6.07) is 16.6. The summed E-state index contributed by atoms with van der Waals surface area (Å²) in [6.45, 7) is 5.52. The van der Waals surface area contributed by atoms with Gasteiger partial charge in [0.25, 0.3) is 0 Å². The van der Waals surface area contributed by atoms with Crippen molar-refractivity contribution in [2.45, 2.75) is 26.8 Å². The maximum absolute atomic E-state index is 5.63. The van der Waals surface area contributed by atoms with E-state index in [9.17, 15) is 0 Å². The van der Waals surface area contributed by atoms with E-state index in [1.54, 1.807) is 13.3 Å². The minimum Gasteiger partial charge on any atom is -0.444 e. The lowest BCUT2D eigenvalue weighted by atomic mass is 10.1. The number of H-pyrrole nitrogens is 1. The third-order valence-corrected chi connectivity index (χ3v) is 5.21. The van der Waals surface area contributed by atoms with Crippen LogP contribution >= 0.6 is 0 Å². The highest BCUT2D eigenvalue weighted by Gasteiger charge is 2.09. The standard InChI is InChI=1S/C24H27N5O/c1-16-8-10-18(11-9-16)23-29-19(15-30-23)14-27-24(25-3)26-13-12-20-17(2)28-22-7-5-4-6-21(20)22/h4-11,15,28H,12-14H2,1-3H3,(H2,25,26,27). The minimum atomic E-state index is 0.543. The average Bonchev–Trinajstić information content (AvgIpc) is 3.35. The van der Waals surface area contributed by atoms with Crippen molar-refractivity contribution in [3.63, 3.8) is 0 Å². The van der Waals surface area contributed by atoms with E-state index in [0.717, 1.165) is 30.2 Å². The topological polar surface area (TPSA) is 78.2 Å². The molecule has 30 heavy (non-hydrogen) atoms. The number of benzene rings is 2. The first-order chi connectivity index (χ1) is 14.6. The number of para-hydroxylation sites is 1. The number of aryl methyl sites for hydroxylation is 2. The molecule has 0 fully saturated rings. The van der Waals surface area contributed by atoms with E-state index in [2.05, 4.69) is 75.8 Å². The van der Waals surface area contributed by atoms with Gasteiger partial charge in [0, 0.05) is 35.8 Å². The van der Waals surface area contributed by atoms with E-state index in [0.29, 0.717) is 12.4 Å². The normalized spacial score (nSPS) is 11.8. The molecule has 2 aromatic heterocycles. The van der Waals surface area contributed by atoms with Crippen molar-refractivity contribution in [2.75, 3.05) is 13.6 Å². The van der Waals surface area contributed by atoms with Gasteiger partial charge in [-0.25, -0.2) is 4.98 Å². The molecule has 0 saturated carbocycles. The Morgan fingerprint density at radius 3 is 2.67 bits per heavy atom. The van der Waals surface area contributed by atoms with Gasteiger partial charge in [-0.05, 0) is 44.0 Å². The number of oxazole rings is 1. The fourth-order valence-electron chi connectivity index (χ4n) is 3.57. The second-order valence-corrected chi connectivity index (χ2v) is 7.39. The van der Waals surface area contributed by atoms with Gasteiger partial charge in [0.05, 0.1) is 12.2 Å². The molecule has 0 saturated heterocycles. The third-order valence-electron chi connectivity index (χ3n) is 5.21. The SMILES string of the molecule is CN=C(NCCc1c(C)[nH]c2ccccc12)NCc1coc(-c2ccc(C)cc2)n1. The monoisotopic (exact) mass is 401 g/mol. The van der Waals surface area contributed by atoms with Crippen LogP contribution in [-0.2, 0) is 13.0 Å². The zero-order valence-electron chi connectivity index (χ0n) is 17.6. The Morgan fingerprint density at radius 2 is 1.87 bits per heavy atom. The molecule has 6 nitrogen and oxygen atoms in total. The first-order valence-corrected chi connectivity index (χ1v) is 10.2. The number of hydrogen-bond donors (Lipinski definition) is 3. The Kier molecular flexibility index (Phi) is 5.84. The fourth-order valence-corrected chi connectivity index (χ4v) is 3.57. The molecule has 0 bridgehead atoms.